The summed E-state index contributed by atoms with van der Waals surface area (Å²) in [6, 6.07) is 21.0. The highest BCUT2D eigenvalue weighted by Crippen LogP contribution is 2.32. The van der Waals surface area contributed by atoms with E-state index in [4.69, 9.17) is 9.47 Å². The van der Waals surface area contributed by atoms with Crippen molar-refractivity contribution in [1.82, 2.24) is 9.97 Å². The van der Waals surface area contributed by atoms with Crippen molar-refractivity contribution in [3.8, 4) is 22.9 Å². The Balaban J connectivity index is 1.31. The number of nitrogens with one attached hydrogen (secondary N) is 2. The van der Waals surface area contributed by atoms with Crippen LogP contribution < -0.4 is 14.8 Å². The van der Waals surface area contributed by atoms with E-state index in [0.717, 1.165) is 28.0 Å². The molecule has 5 rings (SSSR count). The molecule has 0 aliphatic carbocycles. The van der Waals surface area contributed by atoms with Gasteiger partial charge in [0, 0.05) is 17.3 Å². The SMILES string of the molecule is O=C(/C=C/c1ccc2c(c1)OCO2)Nc1cccc(-c2nc3ccccc3[nH]2)c1. The Hall–Kier alpha value is -4.06. The molecule has 0 saturated carbocycles. The van der Waals surface area contributed by atoms with Gasteiger partial charge in [-0.2, -0.15) is 0 Å². The summed E-state index contributed by atoms with van der Waals surface area (Å²) in [6.07, 6.45) is 3.23. The van der Waals surface area contributed by atoms with Gasteiger partial charge in [0.25, 0.3) is 0 Å². The van der Waals surface area contributed by atoms with Crippen LogP contribution in [0.15, 0.2) is 72.8 Å². The lowest BCUT2D eigenvalue weighted by Gasteiger charge is -2.04. The third-order valence-corrected chi connectivity index (χ3v) is 4.62. The van der Waals surface area contributed by atoms with Gasteiger partial charge in [0.15, 0.2) is 11.5 Å². The molecule has 0 bridgehead atoms. The monoisotopic (exact) mass is 383 g/mol. The number of para-hydroxylation sites is 2. The highest BCUT2D eigenvalue weighted by Gasteiger charge is 2.12. The van der Waals surface area contributed by atoms with E-state index in [-0.39, 0.29) is 12.7 Å². The van der Waals surface area contributed by atoms with Gasteiger partial charge >= 0.3 is 0 Å². The Bertz CT molecular complexity index is 1210. The molecule has 29 heavy (non-hydrogen) atoms. The Morgan fingerprint density at radius 2 is 1.90 bits per heavy atom. The maximum Gasteiger partial charge on any atom is 0.248 e. The van der Waals surface area contributed by atoms with Crippen LogP contribution in [0.1, 0.15) is 5.56 Å². The molecule has 0 atom stereocenters. The smallest absolute Gasteiger partial charge is 0.248 e. The van der Waals surface area contributed by atoms with Crippen LogP contribution in [0.25, 0.3) is 28.5 Å². The summed E-state index contributed by atoms with van der Waals surface area (Å²) >= 11 is 0. The number of H-pyrrole nitrogens is 1. The molecule has 0 spiro atoms. The number of ether oxygens (including phenoxy) is 2. The average molecular weight is 383 g/mol. The van der Waals surface area contributed by atoms with E-state index in [0.29, 0.717) is 17.2 Å². The van der Waals surface area contributed by atoms with Crippen LogP contribution in [0.4, 0.5) is 5.69 Å². The van der Waals surface area contributed by atoms with Gasteiger partial charge < -0.3 is 19.8 Å². The molecule has 6 heteroatoms. The van der Waals surface area contributed by atoms with E-state index in [1.165, 1.54) is 6.08 Å². The van der Waals surface area contributed by atoms with Gasteiger partial charge in [0.1, 0.15) is 5.82 Å². The molecule has 0 unspecified atom stereocenters. The first kappa shape index (κ1) is 17.1. The van der Waals surface area contributed by atoms with Crippen molar-refractivity contribution < 1.29 is 14.3 Å². The van der Waals surface area contributed by atoms with Gasteiger partial charge in [-0.25, -0.2) is 4.98 Å². The second-order valence-corrected chi connectivity index (χ2v) is 6.62. The largest absolute Gasteiger partial charge is 0.454 e. The average Bonchev–Trinajstić information content (AvgIpc) is 3.39. The predicted octanol–water partition coefficient (Wildman–Crippen LogP) is 4.61. The number of hydrogen-bond donors (Lipinski definition) is 2. The molecular weight excluding hydrogens is 366 g/mol. The summed E-state index contributed by atoms with van der Waals surface area (Å²) in [7, 11) is 0. The number of nitrogens with zero attached hydrogens (tertiary/aromatic N) is 1. The van der Waals surface area contributed by atoms with Crippen LogP contribution in [0.2, 0.25) is 0 Å². The Kier molecular flexibility index (Phi) is 4.22. The van der Waals surface area contributed by atoms with Crippen LogP contribution in [-0.4, -0.2) is 22.7 Å². The summed E-state index contributed by atoms with van der Waals surface area (Å²) in [4.78, 5) is 20.2. The van der Waals surface area contributed by atoms with Crippen LogP contribution in [0.3, 0.4) is 0 Å². The van der Waals surface area contributed by atoms with Crippen LogP contribution in [-0.2, 0) is 4.79 Å². The molecule has 0 saturated heterocycles. The summed E-state index contributed by atoms with van der Waals surface area (Å²) in [6.45, 7) is 0.227. The zero-order chi connectivity index (χ0) is 19.6. The highest BCUT2D eigenvalue weighted by atomic mass is 16.7. The number of fused-ring (bicyclic) bond motifs is 2. The van der Waals surface area contributed by atoms with Crippen molar-refractivity contribution >= 4 is 28.7 Å². The summed E-state index contributed by atoms with van der Waals surface area (Å²) in [5.74, 6) is 1.95. The topological polar surface area (TPSA) is 76.2 Å². The Morgan fingerprint density at radius 1 is 1.00 bits per heavy atom. The van der Waals surface area contributed by atoms with E-state index < -0.39 is 0 Å². The van der Waals surface area contributed by atoms with Crippen molar-refractivity contribution in [3.05, 3.63) is 78.4 Å². The standard InChI is InChI=1S/C23H17N3O3/c27-22(11-9-15-8-10-20-21(12-15)29-14-28-20)24-17-5-3-4-16(13-17)23-25-18-6-1-2-7-19(18)26-23/h1-13H,14H2,(H,24,27)(H,25,26)/b11-9+. The Morgan fingerprint density at radius 3 is 2.83 bits per heavy atom. The third kappa shape index (κ3) is 3.55. The number of anilines is 1. The minimum absolute atomic E-state index is 0.218. The fraction of sp³-hybridized carbons (Fsp3) is 0.0435. The second kappa shape index (κ2) is 7.16. The zero-order valence-electron chi connectivity index (χ0n) is 15.4. The molecule has 3 aromatic carbocycles. The number of carbonyl (C=O) groups is 1. The lowest BCUT2D eigenvalue weighted by Crippen LogP contribution is -2.07. The molecule has 0 radical (unpaired) electrons. The first-order valence-corrected chi connectivity index (χ1v) is 9.18. The van der Waals surface area contributed by atoms with Gasteiger partial charge in [-0.3, -0.25) is 4.79 Å². The van der Waals surface area contributed by atoms with Crippen LogP contribution >= 0.6 is 0 Å². The fourth-order valence-corrected chi connectivity index (χ4v) is 3.21. The lowest BCUT2D eigenvalue weighted by molar-refractivity contribution is -0.111. The third-order valence-electron chi connectivity index (χ3n) is 4.62. The lowest BCUT2D eigenvalue weighted by atomic mass is 10.1. The van der Waals surface area contributed by atoms with Gasteiger partial charge in [-0.1, -0.05) is 30.3 Å². The Labute approximate surface area is 166 Å². The summed E-state index contributed by atoms with van der Waals surface area (Å²) in [5, 5.41) is 2.89. The maximum atomic E-state index is 12.3. The van der Waals surface area contributed by atoms with Crippen molar-refractivity contribution in [2.24, 2.45) is 0 Å². The van der Waals surface area contributed by atoms with E-state index >= 15 is 0 Å². The normalized spacial score (nSPS) is 12.6. The van der Waals surface area contributed by atoms with Crippen LogP contribution in [0.5, 0.6) is 11.5 Å². The molecule has 6 nitrogen and oxygen atoms in total. The van der Waals surface area contributed by atoms with E-state index in [1.807, 2.05) is 66.7 Å². The van der Waals surface area contributed by atoms with Gasteiger partial charge in [0.2, 0.25) is 12.7 Å². The molecule has 4 aromatic rings. The number of amides is 1. The molecule has 1 amide bonds. The number of carbonyl (C=O) groups excluding carboxylic acids is 1. The van der Waals surface area contributed by atoms with Gasteiger partial charge in [0.05, 0.1) is 11.0 Å². The predicted molar refractivity (Wildman–Crippen MR) is 112 cm³/mol. The summed E-state index contributed by atoms with van der Waals surface area (Å²) < 4.78 is 10.6. The quantitative estimate of drug-likeness (QED) is 0.505. The number of hydrogen-bond acceptors (Lipinski definition) is 4. The van der Waals surface area contributed by atoms with Crippen LogP contribution in [0, 0.1) is 0 Å². The first-order chi connectivity index (χ1) is 14.2. The number of aromatic amines is 1. The minimum Gasteiger partial charge on any atom is -0.454 e. The molecule has 2 N–H and O–H groups in total. The van der Waals surface area contributed by atoms with E-state index in [2.05, 4.69) is 15.3 Å². The van der Waals surface area contributed by atoms with E-state index in [1.54, 1.807) is 6.08 Å². The number of aromatic nitrogens is 2. The maximum absolute atomic E-state index is 12.3. The summed E-state index contributed by atoms with van der Waals surface area (Å²) in [5.41, 5.74) is 4.34. The number of rotatable bonds is 4. The van der Waals surface area contributed by atoms with Crippen molar-refractivity contribution in [3.63, 3.8) is 0 Å². The van der Waals surface area contributed by atoms with E-state index in [9.17, 15) is 4.79 Å². The number of imidazole rings is 1. The second-order valence-electron chi connectivity index (χ2n) is 6.62. The number of benzene rings is 3. The molecule has 0 fully saturated rings. The molecule has 1 aliphatic heterocycles. The molecule has 2 heterocycles. The van der Waals surface area contributed by atoms with Gasteiger partial charge in [-0.05, 0) is 48.0 Å². The minimum atomic E-state index is -0.218. The molecule has 1 aromatic heterocycles. The highest BCUT2D eigenvalue weighted by molar-refractivity contribution is 6.02. The zero-order valence-corrected chi connectivity index (χ0v) is 15.4. The molecular formula is C23H17N3O3. The van der Waals surface area contributed by atoms with Gasteiger partial charge in [-0.15, -0.1) is 0 Å². The van der Waals surface area contributed by atoms with Crippen molar-refractivity contribution in [2.45, 2.75) is 0 Å². The molecule has 142 valence electrons. The molecule has 1 aliphatic rings. The first-order valence-electron chi connectivity index (χ1n) is 9.18. The van der Waals surface area contributed by atoms with Crippen molar-refractivity contribution in [2.75, 3.05) is 12.1 Å². The van der Waals surface area contributed by atoms with Crippen molar-refractivity contribution in [1.29, 1.82) is 0 Å². The fourth-order valence-electron chi connectivity index (χ4n) is 3.21.